The molecule has 1 aromatic rings. The van der Waals surface area contributed by atoms with Crippen molar-refractivity contribution >= 4 is 5.97 Å². The number of carboxylic acid groups (broad SMARTS) is 1. The molecule has 0 saturated heterocycles. The van der Waals surface area contributed by atoms with Gasteiger partial charge in [0.1, 0.15) is 5.75 Å². The highest BCUT2D eigenvalue weighted by Crippen LogP contribution is 2.57. The summed E-state index contributed by atoms with van der Waals surface area (Å²) in [6.07, 6.45) is 4.35. The summed E-state index contributed by atoms with van der Waals surface area (Å²) in [7, 11) is 0. The number of carbonyl (C=O) groups excluding carboxylic acids is 1. The van der Waals surface area contributed by atoms with E-state index < -0.39 is 11.4 Å². The van der Waals surface area contributed by atoms with E-state index in [-0.39, 0.29) is 17.1 Å². The third-order valence-corrected chi connectivity index (χ3v) is 5.81. The first-order valence-electron chi connectivity index (χ1n) is 7.42. The van der Waals surface area contributed by atoms with E-state index in [0.717, 1.165) is 31.2 Å². The summed E-state index contributed by atoms with van der Waals surface area (Å²) < 4.78 is 0. The molecule has 108 valence electrons. The van der Waals surface area contributed by atoms with Gasteiger partial charge in [0.15, 0.2) is 0 Å². The van der Waals surface area contributed by atoms with Gasteiger partial charge in [0.05, 0.1) is 0 Å². The summed E-state index contributed by atoms with van der Waals surface area (Å²) in [5, 5.41) is 21.5. The van der Waals surface area contributed by atoms with Crippen LogP contribution in [0.4, 0.5) is 0 Å². The van der Waals surface area contributed by atoms with Gasteiger partial charge in [-0.3, -0.25) is 0 Å². The van der Waals surface area contributed by atoms with Gasteiger partial charge in [-0.25, -0.2) is 0 Å². The number of fused-ring (bicyclic) bond motifs is 3. The molecule has 3 nitrogen and oxygen atoms in total. The van der Waals surface area contributed by atoms with Gasteiger partial charge in [-0.15, -0.1) is 0 Å². The number of carboxylic acids is 1. The molecule has 0 radical (unpaired) electrons. The second-order valence-corrected chi connectivity index (χ2v) is 6.91. The first-order valence-corrected chi connectivity index (χ1v) is 7.42. The average molecular weight is 273 g/mol. The van der Waals surface area contributed by atoms with Crippen molar-refractivity contribution in [1.82, 2.24) is 0 Å². The zero-order valence-corrected chi connectivity index (χ0v) is 12.1. The predicted molar refractivity (Wildman–Crippen MR) is 74.2 cm³/mol. The van der Waals surface area contributed by atoms with Crippen LogP contribution in [0.1, 0.15) is 50.7 Å². The summed E-state index contributed by atoms with van der Waals surface area (Å²) >= 11 is 0. The minimum Gasteiger partial charge on any atom is -0.550 e. The molecule has 3 heteroatoms. The largest absolute Gasteiger partial charge is 0.550 e. The van der Waals surface area contributed by atoms with E-state index in [1.54, 1.807) is 6.07 Å². The summed E-state index contributed by atoms with van der Waals surface area (Å²) in [5.41, 5.74) is 1.47. The van der Waals surface area contributed by atoms with Crippen LogP contribution in [0, 0.1) is 11.3 Å². The topological polar surface area (TPSA) is 60.4 Å². The predicted octanol–water partition coefficient (Wildman–Crippen LogP) is 2.15. The number of carbonyl (C=O) groups is 1. The van der Waals surface area contributed by atoms with E-state index in [1.807, 2.05) is 19.1 Å². The van der Waals surface area contributed by atoms with Crippen molar-refractivity contribution < 1.29 is 15.0 Å². The molecule has 0 aromatic heterocycles. The lowest BCUT2D eigenvalue weighted by molar-refractivity contribution is -0.324. The fourth-order valence-electron chi connectivity index (χ4n) is 4.69. The van der Waals surface area contributed by atoms with Crippen molar-refractivity contribution in [1.29, 1.82) is 0 Å². The first-order chi connectivity index (χ1) is 9.38. The van der Waals surface area contributed by atoms with Gasteiger partial charge in [0.2, 0.25) is 0 Å². The van der Waals surface area contributed by atoms with Crippen LogP contribution in [0.3, 0.4) is 0 Å². The molecule has 3 unspecified atom stereocenters. The Labute approximate surface area is 119 Å². The van der Waals surface area contributed by atoms with Gasteiger partial charge in [0, 0.05) is 11.4 Å². The van der Waals surface area contributed by atoms with E-state index in [0.29, 0.717) is 6.42 Å². The molecule has 0 amide bonds. The van der Waals surface area contributed by atoms with Gasteiger partial charge >= 0.3 is 0 Å². The number of aliphatic carboxylic acids is 1. The van der Waals surface area contributed by atoms with Crippen LogP contribution in [0.5, 0.6) is 5.75 Å². The zero-order chi connectivity index (χ0) is 14.5. The lowest BCUT2D eigenvalue weighted by Gasteiger charge is -2.55. The molecule has 0 heterocycles. The lowest BCUT2D eigenvalue weighted by Crippen LogP contribution is -2.56. The number of rotatable bonds is 1. The Kier molecular flexibility index (Phi) is 2.86. The maximum absolute atomic E-state index is 11.7. The standard InChI is InChI=1S/C17H22O3/c1-16-8-3-9-17(2,15(19)20)14(16)7-5-11-4-6-12(18)10-13(11)16/h4,6,10,14,18H,3,5,7-9H2,1-2H3,(H,19,20)/p-1. The van der Waals surface area contributed by atoms with Crippen LogP contribution in [-0.4, -0.2) is 11.1 Å². The Hall–Kier alpha value is -1.51. The fourth-order valence-corrected chi connectivity index (χ4v) is 4.69. The molecular formula is C17H21O3-. The molecule has 2 aliphatic rings. The second-order valence-electron chi connectivity index (χ2n) is 6.91. The Balaban J connectivity index is 2.13. The summed E-state index contributed by atoms with van der Waals surface area (Å²) in [5.74, 6) is -0.563. The SMILES string of the molecule is CC1(C(=O)[O-])CCCC2(C)c3cc(O)ccc3CCC12. The van der Waals surface area contributed by atoms with Crippen molar-refractivity contribution in [2.24, 2.45) is 11.3 Å². The Morgan fingerprint density at radius 3 is 2.80 bits per heavy atom. The van der Waals surface area contributed by atoms with Crippen LogP contribution in [0.15, 0.2) is 18.2 Å². The summed E-state index contributed by atoms with van der Waals surface area (Å²) in [4.78, 5) is 11.7. The molecule has 3 atom stereocenters. The number of hydrogen-bond donors (Lipinski definition) is 1. The van der Waals surface area contributed by atoms with Crippen LogP contribution >= 0.6 is 0 Å². The van der Waals surface area contributed by atoms with Crippen molar-refractivity contribution in [3.63, 3.8) is 0 Å². The minimum absolute atomic E-state index is 0.0862. The van der Waals surface area contributed by atoms with E-state index in [4.69, 9.17) is 0 Å². The average Bonchev–Trinajstić information content (AvgIpc) is 2.39. The molecule has 2 aliphatic carbocycles. The van der Waals surface area contributed by atoms with Gasteiger partial charge in [-0.2, -0.15) is 0 Å². The number of benzene rings is 1. The Bertz CT molecular complexity index is 565. The maximum Gasteiger partial charge on any atom is 0.115 e. The Morgan fingerprint density at radius 1 is 1.35 bits per heavy atom. The number of hydrogen-bond acceptors (Lipinski definition) is 3. The smallest absolute Gasteiger partial charge is 0.115 e. The molecule has 3 rings (SSSR count). The van der Waals surface area contributed by atoms with E-state index >= 15 is 0 Å². The number of aromatic hydroxyl groups is 1. The molecule has 0 spiro atoms. The van der Waals surface area contributed by atoms with E-state index in [9.17, 15) is 15.0 Å². The maximum atomic E-state index is 11.7. The highest BCUT2D eigenvalue weighted by Gasteiger charge is 2.52. The lowest BCUT2D eigenvalue weighted by atomic mass is 9.50. The fraction of sp³-hybridized carbons (Fsp3) is 0.588. The van der Waals surface area contributed by atoms with Crippen molar-refractivity contribution in [3.05, 3.63) is 29.3 Å². The molecule has 1 N–H and O–H groups in total. The third kappa shape index (κ3) is 1.68. The molecule has 20 heavy (non-hydrogen) atoms. The molecule has 0 aliphatic heterocycles. The second kappa shape index (κ2) is 4.24. The highest BCUT2D eigenvalue weighted by molar-refractivity contribution is 5.73. The molecular weight excluding hydrogens is 252 g/mol. The van der Waals surface area contributed by atoms with Gasteiger partial charge < -0.3 is 15.0 Å². The summed E-state index contributed by atoms with van der Waals surface area (Å²) in [6.45, 7) is 4.01. The number of phenolic OH excluding ortho intramolecular Hbond substituents is 1. The monoisotopic (exact) mass is 273 g/mol. The van der Waals surface area contributed by atoms with Gasteiger partial charge in [-0.05, 0) is 60.3 Å². The molecule has 1 fully saturated rings. The zero-order valence-electron chi connectivity index (χ0n) is 12.1. The molecule has 1 aromatic carbocycles. The van der Waals surface area contributed by atoms with Crippen LogP contribution in [0.25, 0.3) is 0 Å². The highest BCUT2D eigenvalue weighted by atomic mass is 16.4. The first kappa shape index (κ1) is 13.5. The van der Waals surface area contributed by atoms with Crippen molar-refractivity contribution in [2.75, 3.05) is 0 Å². The van der Waals surface area contributed by atoms with Crippen LogP contribution in [-0.2, 0) is 16.6 Å². The number of aryl methyl sites for hydroxylation is 1. The number of phenols is 1. The minimum atomic E-state index is -0.919. The molecule has 0 bridgehead atoms. The van der Waals surface area contributed by atoms with Crippen LogP contribution < -0.4 is 5.11 Å². The van der Waals surface area contributed by atoms with E-state index in [1.165, 1.54) is 5.56 Å². The normalized spacial score (nSPS) is 36.0. The van der Waals surface area contributed by atoms with Crippen molar-refractivity contribution in [3.8, 4) is 5.75 Å². The summed E-state index contributed by atoms with van der Waals surface area (Å²) in [6, 6.07) is 5.54. The Morgan fingerprint density at radius 2 is 2.10 bits per heavy atom. The third-order valence-electron chi connectivity index (χ3n) is 5.81. The van der Waals surface area contributed by atoms with E-state index in [2.05, 4.69) is 6.92 Å². The molecule has 1 saturated carbocycles. The van der Waals surface area contributed by atoms with Gasteiger partial charge in [0.25, 0.3) is 0 Å². The quantitative estimate of drug-likeness (QED) is 0.853. The van der Waals surface area contributed by atoms with Gasteiger partial charge in [-0.1, -0.05) is 26.3 Å². The van der Waals surface area contributed by atoms with Crippen molar-refractivity contribution in [2.45, 2.75) is 51.4 Å². The van der Waals surface area contributed by atoms with Crippen LogP contribution in [0.2, 0.25) is 0 Å².